The van der Waals surface area contributed by atoms with Crippen LogP contribution in [0.25, 0.3) is 0 Å². The van der Waals surface area contributed by atoms with Crippen LogP contribution in [-0.4, -0.2) is 43.2 Å². The molecule has 1 N–H and O–H groups in total. The molecule has 0 unspecified atom stereocenters. The maximum absolute atomic E-state index is 11.9. The van der Waals surface area contributed by atoms with Crippen LogP contribution in [0.4, 0.5) is 0 Å². The summed E-state index contributed by atoms with van der Waals surface area (Å²) >= 11 is 3.29. The van der Waals surface area contributed by atoms with E-state index >= 15 is 0 Å². The molecule has 21 heavy (non-hydrogen) atoms. The first kappa shape index (κ1) is 15.3. The number of rotatable bonds is 3. The van der Waals surface area contributed by atoms with Crippen molar-refractivity contribution in [2.24, 2.45) is 5.16 Å². The SMILES string of the molecule is COC(=O)/C(=N\O)[C@H]1c2ccc(Br)cc2O[C@H]1C(=O)OC. The Morgan fingerprint density at radius 1 is 1.33 bits per heavy atom. The summed E-state index contributed by atoms with van der Waals surface area (Å²) in [6.45, 7) is 0. The van der Waals surface area contributed by atoms with E-state index in [1.807, 2.05) is 0 Å². The fraction of sp³-hybridized carbons (Fsp3) is 0.308. The number of carbonyl (C=O) groups is 2. The van der Waals surface area contributed by atoms with E-state index in [2.05, 4.69) is 30.6 Å². The molecule has 8 heteroatoms. The third kappa shape index (κ3) is 2.71. The van der Waals surface area contributed by atoms with Gasteiger partial charge in [-0.2, -0.15) is 0 Å². The Kier molecular flexibility index (Phi) is 4.46. The highest BCUT2D eigenvalue weighted by atomic mass is 79.9. The first-order chi connectivity index (χ1) is 10.0. The summed E-state index contributed by atoms with van der Waals surface area (Å²) in [5.74, 6) is -2.04. The van der Waals surface area contributed by atoms with E-state index in [0.29, 0.717) is 11.3 Å². The number of nitrogens with zero attached hydrogens (tertiary/aromatic N) is 1. The number of oxime groups is 1. The van der Waals surface area contributed by atoms with Crippen LogP contribution in [0.2, 0.25) is 0 Å². The Morgan fingerprint density at radius 3 is 2.62 bits per heavy atom. The quantitative estimate of drug-likeness (QED) is 0.381. The molecule has 1 aliphatic heterocycles. The number of ether oxygens (including phenoxy) is 3. The molecular weight excluding hydrogens is 346 g/mol. The smallest absolute Gasteiger partial charge is 0.356 e. The maximum Gasteiger partial charge on any atom is 0.356 e. The van der Waals surface area contributed by atoms with E-state index in [4.69, 9.17) is 9.94 Å². The number of hydrogen-bond acceptors (Lipinski definition) is 7. The number of hydrogen-bond donors (Lipinski definition) is 1. The molecular formula is C13H12BrNO6. The Bertz CT molecular complexity index is 615. The van der Waals surface area contributed by atoms with Crippen molar-refractivity contribution in [3.05, 3.63) is 28.2 Å². The van der Waals surface area contributed by atoms with Crippen LogP contribution in [0.15, 0.2) is 27.8 Å². The number of esters is 2. The Labute approximate surface area is 128 Å². The van der Waals surface area contributed by atoms with E-state index in [1.54, 1.807) is 18.2 Å². The van der Waals surface area contributed by atoms with Gasteiger partial charge in [0.05, 0.1) is 20.1 Å². The summed E-state index contributed by atoms with van der Waals surface area (Å²) in [6, 6.07) is 5.04. The maximum atomic E-state index is 11.9. The van der Waals surface area contributed by atoms with E-state index in [-0.39, 0.29) is 5.71 Å². The van der Waals surface area contributed by atoms with Crippen molar-refractivity contribution in [2.45, 2.75) is 12.0 Å². The van der Waals surface area contributed by atoms with Crippen LogP contribution in [0.5, 0.6) is 5.75 Å². The molecule has 1 heterocycles. The lowest BCUT2D eigenvalue weighted by atomic mass is 9.90. The van der Waals surface area contributed by atoms with Gasteiger partial charge in [-0.05, 0) is 12.1 Å². The summed E-state index contributed by atoms with van der Waals surface area (Å²) < 4.78 is 15.5. The van der Waals surface area contributed by atoms with Gasteiger partial charge in [-0.1, -0.05) is 27.2 Å². The zero-order valence-electron chi connectivity index (χ0n) is 11.2. The largest absolute Gasteiger partial charge is 0.477 e. The molecule has 112 valence electrons. The zero-order chi connectivity index (χ0) is 15.6. The number of carbonyl (C=O) groups excluding carboxylic acids is 2. The monoisotopic (exact) mass is 357 g/mol. The zero-order valence-corrected chi connectivity index (χ0v) is 12.8. The Hall–Kier alpha value is -2.09. The highest BCUT2D eigenvalue weighted by molar-refractivity contribution is 9.10. The molecule has 7 nitrogen and oxygen atoms in total. The van der Waals surface area contributed by atoms with Gasteiger partial charge in [-0.3, -0.25) is 0 Å². The van der Waals surface area contributed by atoms with Gasteiger partial charge in [0.2, 0.25) is 6.10 Å². The fourth-order valence-corrected chi connectivity index (χ4v) is 2.50. The Balaban J connectivity index is 2.52. The molecule has 1 aromatic rings. The summed E-state index contributed by atoms with van der Waals surface area (Å²) in [5.41, 5.74) is 0.209. The third-order valence-corrected chi connectivity index (χ3v) is 3.59. The topological polar surface area (TPSA) is 94.4 Å². The summed E-state index contributed by atoms with van der Waals surface area (Å²) in [4.78, 5) is 23.6. The van der Waals surface area contributed by atoms with Crippen molar-refractivity contribution in [3.63, 3.8) is 0 Å². The van der Waals surface area contributed by atoms with Gasteiger partial charge in [0.15, 0.2) is 5.71 Å². The summed E-state index contributed by atoms with van der Waals surface area (Å²) in [7, 11) is 2.36. The first-order valence-electron chi connectivity index (χ1n) is 5.87. The van der Waals surface area contributed by atoms with Gasteiger partial charge in [-0.15, -0.1) is 0 Å². The first-order valence-corrected chi connectivity index (χ1v) is 6.67. The average Bonchev–Trinajstić information content (AvgIpc) is 2.85. The molecule has 0 aliphatic carbocycles. The normalized spacial score (nSPS) is 20.4. The molecule has 0 saturated heterocycles. The van der Waals surface area contributed by atoms with Gasteiger partial charge in [0.1, 0.15) is 5.75 Å². The number of fused-ring (bicyclic) bond motifs is 1. The fourth-order valence-electron chi connectivity index (χ4n) is 2.16. The van der Waals surface area contributed by atoms with Crippen molar-refractivity contribution in [3.8, 4) is 5.75 Å². The van der Waals surface area contributed by atoms with E-state index in [0.717, 1.165) is 11.6 Å². The second kappa shape index (κ2) is 6.13. The van der Waals surface area contributed by atoms with Crippen LogP contribution in [-0.2, 0) is 19.1 Å². The van der Waals surface area contributed by atoms with Crippen molar-refractivity contribution in [1.29, 1.82) is 0 Å². The molecule has 0 saturated carbocycles. The molecule has 0 aromatic heterocycles. The predicted octanol–water partition coefficient (Wildman–Crippen LogP) is 1.47. The minimum Gasteiger partial charge on any atom is -0.477 e. The molecule has 2 atom stereocenters. The molecule has 1 aliphatic rings. The van der Waals surface area contributed by atoms with Gasteiger partial charge in [0, 0.05) is 10.0 Å². The van der Waals surface area contributed by atoms with Crippen LogP contribution >= 0.6 is 15.9 Å². The highest BCUT2D eigenvalue weighted by Gasteiger charge is 2.46. The number of halogens is 1. The van der Waals surface area contributed by atoms with Crippen molar-refractivity contribution >= 4 is 33.6 Å². The molecule has 0 spiro atoms. The number of benzene rings is 1. The molecule has 0 radical (unpaired) electrons. The van der Waals surface area contributed by atoms with Gasteiger partial charge < -0.3 is 19.4 Å². The second-order valence-electron chi connectivity index (χ2n) is 4.20. The lowest BCUT2D eigenvalue weighted by Gasteiger charge is -2.16. The molecule has 2 rings (SSSR count). The average molecular weight is 358 g/mol. The van der Waals surface area contributed by atoms with Crippen LogP contribution in [0, 0.1) is 0 Å². The third-order valence-electron chi connectivity index (χ3n) is 3.10. The van der Waals surface area contributed by atoms with E-state index < -0.39 is 24.0 Å². The minimum atomic E-state index is -1.12. The molecule has 0 amide bonds. The lowest BCUT2D eigenvalue weighted by molar-refractivity contribution is -0.148. The van der Waals surface area contributed by atoms with E-state index in [1.165, 1.54) is 7.11 Å². The van der Waals surface area contributed by atoms with Crippen LogP contribution < -0.4 is 4.74 Å². The summed E-state index contributed by atoms with van der Waals surface area (Å²) in [6.07, 6.45) is -1.12. The van der Waals surface area contributed by atoms with Gasteiger partial charge in [0.25, 0.3) is 0 Å². The van der Waals surface area contributed by atoms with Crippen molar-refractivity contribution in [1.82, 2.24) is 0 Å². The molecule has 0 bridgehead atoms. The molecule has 1 aromatic carbocycles. The van der Waals surface area contributed by atoms with Crippen LogP contribution in [0.3, 0.4) is 0 Å². The lowest BCUT2D eigenvalue weighted by Crippen LogP contribution is -2.37. The number of methoxy groups -OCH3 is 2. The predicted molar refractivity (Wildman–Crippen MR) is 74.6 cm³/mol. The minimum absolute atomic E-state index is 0.325. The molecule has 0 fully saturated rings. The summed E-state index contributed by atoms with van der Waals surface area (Å²) in [5, 5.41) is 12.1. The second-order valence-corrected chi connectivity index (χ2v) is 5.11. The van der Waals surface area contributed by atoms with Crippen molar-refractivity contribution in [2.75, 3.05) is 14.2 Å². The van der Waals surface area contributed by atoms with Crippen molar-refractivity contribution < 1.29 is 29.0 Å². The van der Waals surface area contributed by atoms with Crippen LogP contribution in [0.1, 0.15) is 11.5 Å². The van der Waals surface area contributed by atoms with E-state index in [9.17, 15) is 9.59 Å². The Morgan fingerprint density at radius 2 is 2.05 bits per heavy atom. The standard InChI is InChI=1S/C13H12BrNO6/c1-19-12(16)10(15-18)9-7-4-3-6(14)5-8(7)21-11(9)13(17)20-2/h3-5,9,11,18H,1-2H3/b15-10-/t9-,11-/m1/s1. The van der Waals surface area contributed by atoms with Gasteiger partial charge >= 0.3 is 11.9 Å². The highest BCUT2D eigenvalue weighted by Crippen LogP contribution is 2.41. The van der Waals surface area contributed by atoms with Gasteiger partial charge in [-0.25, -0.2) is 9.59 Å².